The fourth-order valence-corrected chi connectivity index (χ4v) is 3.14. The summed E-state index contributed by atoms with van der Waals surface area (Å²) in [6, 6.07) is 7.76. The van der Waals surface area contributed by atoms with Gasteiger partial charge in [-0.15, -0.1) is 0 Å². The molecular weight excluding hydrogens is 306 g/mol. The summed E-state index contributed by atoms with van der Waals surface area (Å²) in [7, 11) is 0. The molecule has 1 heterocycles. The Bertz CT molecular complexity index is 812. The fraction of sp³-hybridized carbons (Fsp3) is 0.263. The normalized spacial score (nSPS) is 13.1. The van der Waals surface area contributed by atoms with Gasteiger partial charge in [0, 0.05) is 22.7 Å². The Balaban J connectivity index is 2.42. The van der Waals surface area contributed by atoms with Crippen molar-refractivity contribution < 1.29 is 9.59 Å². The molecule has 120 valence electrons. The molecule has 0 spiro atoms. The average molecular weight is 327 g/mol. The van der Waals surface area contributed by atoms with Crippen LogP contribution >= 0.6 is 11.8 Å². The molecule has 2 aromatic rings. The number of allylic oxidation sites excluding steroid dienone is 3. The van der Waals surface area contributed by atoms with Crippen LogP contribution in [0.1, 0.15) is 44.5 Å². The highest BCUT2D eigenvalue weighted by Crippen LogP contribution is 2.30. The van der Waals surface area contributed by atoms with E-state index in [0.717, 1.165) is 22.9 Å². The van der Waals surface area contributed by atoms with E-state index in [1.54, 1.807) is 18.5 Å². The summed E-state index contributed by atoms with van der Waals surface area (Å²) in [5.74, 6) is 0.0185. The number of H-pyrrole nitrogens is 1. The minimum absolute atomic E-state index is 0.000554. The maximum atomic E-state index is 13.0. The number of Topliss-reactive ketones (excluding diaryl/α,β-unsaturated/α-hetero) is 2. The number of para-hydroxylation sites is 1. The van der Waals surface area contributed by atoms with Crippen molar-refractivity contribution >= 4 is 34.2 Å². The third kappa shape index (κ3) is 3.82. The summed E-state index contributed by atoms with van der Waals surface area (Å²) in [5, 5.41) is 2.69. The summed E-state index contributed by atoms with van der Waals surface area (Å²) in [6.07, 6.45) is 2.56. The van der Waals surface area contributed by atoms with Crippen LogP contribution in [0.5, 0.6) is 0 Å². The number of aromatic amines is 1. The zero-order valence-corrected chi connectivity index (χ0v) is 14.7. The van der Waals surface area contributed by atoms with Crippen LogP contribution in [0.2, 0.25) is 0 Å². The molecule has 0 atom stereocenters. The number of carbonyl (C=O) groups excluding carboxylic acids is 2. The molecule has 0 aliphatic rings. The number of nitrogens with one attached hydrogen (secondary N) is 1. The van der Waals surface area contributed by atoms with E-state index in [4.69, 9.17) is 0 Å². The van der Waals surface area contributed by atoms with Crippen molar-refractivity contribution in [1.29, 1.82) is 0 Å². The summed E-state index contributed by atoms with van der Waals surface area (Å²) in [4.78, 5) is 28.2. The maximum Gasteiger partial charge on any atom is 0.201 e. The predicted molar refractivity (Wildman–Crippen MR) is 97.6 cm³/mol. The van der Waals surface area contributed by atoms with Crippen molar-refractivity contribution in [2.24, 2.45) is 0 Å². The van der Waals surface area contributed by atoms with Crippen molar-refractivity contribution in [3.05, 3.63) is 57.5 Å². The van der Waals surface area contributed by atoms with Crippen LogP contribution in [-0.2, 0) is 4.79 Å². The molecule has 0 aliphatic heterocycles. The molecule has 1 aromatic carbocycles. The van der Waals surface area contributed by atoms with Gasteiger partial charge in [0.15, 0.2) is 5.78 Å². The second-order valence-corrected chi connectivity index (χ2v) is 6.39. The lowest BCUT2D eigenvalue weighted by Gasteiger charge is -2.08. The zero-order chi connectivity index (χ0) is 17.0. The monoisotopic (exact) mass is 327 g/mol. The smallest absolute Gasteiger partial charge is 0.201 e. The van der Waals surface area contributed by atoms with Gasteiger partial charge in [-0.05, 0) is 44.2 Å². The molecule has 2 rings (SSSR count). The number of rotatable bonds is 6. The summed E-state index contributed by atoms with van der Waals surface area (Å²) in [6.45, 7) is 7.29. The molecule has 4 heteroatoms. The van der Waals surface area contributed by atoms with E-state index in [0.29, 0.717) is 16.0 Å². The molecule has 0 aliphatic carbocycles. The number of hydrogen-bond acceptors (Lipinski definition) is 3. The number of thioether (sulfide) groups is 1. The third-order valence-electron chi connectivity index (χ3n) is 3.87. The van der Waals surface area contributed by atoms with Gasteiger partial charge >= 0.3 is 0 Å². The first kappa shape index (κ1) is 17.3. The maximum absolute atomic E-state index is 13.0. The van der Waals surface area contributed by atoms with Gasteiger partial charge in [0.2, 0.25) is 5.78 Å². The first-order valence-electron chi connectivity index (χ1n) is 7.60. The Hall–Kier alpha value is -2.07. The van der Waals surface area contributed by atoms with E-state index < -0.39 is 0 Å². The van der Waals surface area contributed by atoms with Crippen LogP contribution in [0.25, 0.3) is 10.9 Å². The molecule has 0 radical (unpaired) electrons. The van der Waals surface area contributed by atoms with Gasteiger partial charge < -0.3 is 4.98 Å². The minimum Gasteiger partial charge on any atom is -0.360 e. The summed E-state index contributed by atoms with van der Waals surface area (Å²) >= 11 is 1.34. The van der Waals surface area contributed by atoms with E-state index in [9.17, 15) is 9.59 Å². The van der Waals surface area contributed by atoms with Gasteiger partial charge in [0.1, 0.15) is 0 Å². The van der Waals surface area contributed by atoms with Gasteiger partial charge in [0.25, 0.3) is 0 Å². The first-order valence-corrected chi connectivity index (χ1v) is 8.48. The van der Waals surface area contributed by atoms with Gasteiger partial charge in [0.05, 0.1) is 4.91 Å². The Kier molecular flexibility index (Phi) is 5.61. The average Bonchev–Trinajstić information content (AvgIpc) is 2.98. The Morgan fingerprint density at radius 1 is 1.17 bits per heavy atom. The van der Waals surface area contributed by atoms with Crippen molar-refractivity contribution in [1.82, 2.24) is 4.98 Å². The fourth-order valence-electron chi connectivity index (χ4n) is 2.12. The van der Waals surface area contributed by atoms with Crippen LogP contribution in [-0.4, -0.2) is 16.6 Å². The first-order chi connectivity index (χ1) is 11.0. The zero-order valence-electron chi connectivity index (χ0n) is 13.9. The minimum atomic E-state index is -0.000554. The number of fused-ring (bicyclic) bond motifs is 1. The molecule has 1 N–H and O–H groups in total. The van der Waals surface area contributed by atoms with Crippen LogP contribution < -0.4 is 0 Å². The molecule has 0 fully saturated rings. The lowest BCUT2D eigenvalue weighted by molar-refractivity contribution is -0.113. The highest BCUT2D eigenvalue weighted by atomic mass is 32.2. The number of ketones is 2. The third-order valence-corrected chi connectivity index (χ3v) is 5.11. The predicted octanol–water partition coefficient (Wildman–Crippen LogP) is 5.26. The van der Waals surface area contributed by atoms with Gasteiger partial charge in [-0.25, -0.2) is 0 Å². The second-order valence-electron chi connectivity index (χ2n) is 5.51. The van der Waals surface area contributed by atoms with Crippen LogP contribution in [0.15, 0.2) is 51.9 Å². The number of hydrogen-bond donors (Lipinski definition) is 1. The van der Waals surface area contributed by atoms with Crippen LogP contribution in [0, 0.1) is 0 Å². The summed E-state index contributed by atoms with van der Waals surface area (Å²) in [5.41, 5.74) is 3.30. The van der Waals surface area contributed by atoms with Crippen molar-refractivity contribution in [3.8, 4) is 0 Å². The largest absolute Gasteiger partial charge is 0.360 e. The quantitative estimate of drug-likeness (QED) is 0.581. The molecule has 0 amide bonds. The lowest BCUT2D eigenvalue weighted by atomic mass is 10.1. The molecule has 3 nitrogen and oxygen atoms in total. The number of carbonyl (C=O) groups is 2. The Morgan fingerprint density at radius 2 is 1.87 bits per heavy atom. The van der Waals surface area contributed by atoms with Crippen molar-refractivity contribution in [2.75, 3.05) is 0 Å². The molecule has 0 unspecified atom stereocenters. The van der Waals surface area contributed by atoms with Crippen LogP contribution in [0.4, 0.5) is 0 Å². The molecule has 0 saturated heterocycles. The number of aromatic nitrogens is 1. The Morgan fingerprint density at radius 3 is 2.52 bits per heavy atom. The van der Waals surface area contributed by atoms with E-state index in [1.165, 1.54) is 18.7 Å². The molecule has 1 aromatic heterocycles. The Labute approximate surface area is 140 Å². The van der Waals surface area contributed by atoms with E-state index >= 15 is 0 Å². The molecule has 0 bridgehead atoms. The summed E-state index contributed by atoms with van der Waals surface area (Å²) < 4.78 is 0. The highest BCUT2D eigenvalue weighted by Gasteiger charge is 2.18. The van der Waals surface area contributed by atoms with E-state index in [2.05, 4.69) is 4.98 Å². The van der Waals surface area contributed by atoms with E-state index in [1.807, 2.05) is 38.1 Å². The number of benzene rings is 1. The van der Waals surface area contributed by atoms with Gasteiger partial charge in [-0.2, -0.15) is 0 Å². The van der Waals surface area contributed by atoms with Crippen molar-refractivity contribution in [2.45, 2.75) is 34.1 Å². The topological polar surface area (TPSA) is 49.9 Å². The SMILES string of the molecule is CC/C(C)=C(\S/C=C(\C)C(C)=O)C(=O)c1c[nH]c2ccccc12. The van der Waals surface area contributed by atoms with Gasteiger partial charge in [-0.1, -0.05) is 42.5 Å². The van der Waals surface area contributed by atoms with E-state index in [-0.39, 0.29) is 11.6 Å². The van der Waals surface area contributed by atoms with Gasteiger partial charge in [-0.3, -0.25) is 9.59 Å². The second kappa shape index (κ2) is 7.47. The highest BCUT2D eigenvalue weighted by molar-refractivity contribution is 8.06. The molecule has 23 heavy (non-hydrogen) atoms. The molecule has 0 saturated carbocycles. The standard InChI is InChI=1S/C19H21NO2S/c1-5-12(2)19(23-11-13(3)14(4)21)18(22)16-10-20-17-9-7-6-8-15(16)17/h6-11,20H,5H2,1-4H3/b13-11+,19-12-. The molecular formula is C19H21NO2S. The van der Waals surface area contributed by atoms with Crippen molar-refractivity contribution in [3.63, 3.8) is 0 Å². The van der Waals surface area contributed by atoms with Crippen LogP contribution in [0.3, 0.4) is 0 Å². The lowest BCUT2D eigenvalue weighted by Crippen LogP contribution is -2.02.